The predicted molar refractivity (Wildman–Crippen MR) is 140 cm³/mol. The Morgan fingerprint density at radius 2 is 1.68 bits per heavy atom. The maximum absolute atomic E-state index is 14.1. The van der Waals surface area contributed by atoms with Gasteiger partial charge < -0.3 is 24.8 Å². The molecule has 5 aliphatic rings. The van der Waals surface area contributed by atoms with E-state index in [9.17, 15) is 14.4 Å². The van der Waals surface area contributed by atoms with Crippen molar-refractivity contribution in [3.8, 4) is 0 Å². The number of ketones is 1. The monoisotopic (exact) mass is 508 g/mol. The smallest absolute Gasteiger partial charge is 0.251 e. The number of anilines is 1. The van der Waals surface area contributed by atoms with E-state index in [1.165, 1.54) is 6.42 Å². The van der Waals surface area contributed by atoms with Gasteiger partial charge >= 0.3 is 0 Å². The zero-order valence-corrected chi connectivity index (χ0v) is 21.9. The molecule has 2 saturated carbocycles. The molecular weight excluding hydrogens is 468 g/mol. The van der Waals surface area contributed by atoms with E-state index in [2.05, 4.69) is 22.2 Å². The molecule has 8 heteroatoms. The molecule has 5 fully saturated rings. The van der Waals surface area contributed by atoms with Crippen LogP contribution in [0.1, 0.15) is 55.3 Å². The maximum Gasteiger partial charge on any atom is 0.251 e. The van der Waals surface area contributed by atoms with Gasteiger partial charge in [0.1, 0.15) is 18.7 Å². The van der Waals surface area contributed by atoms with E-state index in [-0.39, 0.29) is 42.1 Å². The first-order valence-electron chi connectivity index (χ1n) is 14.3. The third kappa shape index (κ3) is 5.02. The summed E-state index contributed by atoms with van der Waals surface area (Å²) >= 11 is 0. The van der Waals surface area contributed by atoms with E-state index < -0.39 is 12.1 Å². The third-order valence-electron chi connectivity index (χ3n) is 9.41. The number of hydrogen-bond donors (Lipinski definition) is 1. The van der Waals surface area contributed by atoms with Crippen molar-refractivity contribution in [2.45, 2.75) is 63.1 Å². The van der Waals surface area contributed by atoms with Crippen LogP contribution in [-0.4, -0.2) is 92.0 Å². The summed E-state index contributed by atoms with van der Waals surface area (Å²) in [6.07, 6.45) is 7.30. The van der Waals surface area contributed by atoms with E-state index in [1.807, 2.05) is 24.3 Å². The van der Waals surface area contributed by atoms with Crippen LogP contribution < -0.4 is 10.2 Å². The minimum Gasteiger partial charge on any atom is -0.369 e. The number of hydrogen-bond acceptors (Lipinski definition) is 6. The fourth-order valence-corrected chi connectivity index (χ4v) is 7.00. The number of nitrogens with zero attached hydrogens (tertiary/aromatic N) is 3. The number of ether oxygens (including phenoxy) is 1. The normalized spacial score (nSPS) is 29.9. The lowest BCUT2D eigenvalue weighted by atomic mass is 9.83. The molecule has 1 aromatic carbocycles. The first kappa shape index (κ1) is 24.9. The molecule has 3 aliphatic heterocycles. The van der Waals surface area contributed by atoms with E-state index in [0.29, 0.717) is 18.0 Å². The summed E-state index contributed by atoms with van der Waals surface area (Å²) in [5, 5.41) is 3.14. The number of carbonyl (C=O) groups is 3. The summed E-state index contributed by atoms with van der Waals surface area (Å²) in [5.41, 5.74) is 1.69. The van der Waals surface area contributed by atoms with Crippen molar-refractivity contribution in [1.29, 1.82) is 0 Å². The molecule has 8 nitrogen and oxygen atoms in total. The van der Waals surface area contributed by atoms with Gasteiger partial charge in [0.05, 0.1) is 6.10 Å². The number of amides is 2. The Labute approximate surface area is 219 Å². The highest BCUT2D eigenvalue weighted by molar-refractivity contribution is 5.99. The number of benzene rings is 1. The Kier molecular flexibility index (Phi) is 6.97. The van der Waals surface area contributed by atoms with Crippen LogP contribution in [0, 0.1) is 17.8 Å². The van der Waals surface area contributed by atoms with E-state index in [0.717, 1.165) is 70.4 Å². The zero-order chi connectivity index (χ0) is 25.5. The average Bonchev–Trinajstić information content (AvgIpc) is 3.60. The fourth-order valence-electron chi connectivity index (χ4n) is 7.00. The molecular formula is C29H40N4O4. The van der Waals surface area contributed by atoms with Gasteiger partial charge in [-0.3, -0.25) is 14.4 Å². The molecule has 0 bridgehead atoms. The summed E-state index contributed by atoms with van der Waals surface area (Å²) in [6.45, 7) is 4.68. The average molecular weight is 509 g/mol. The van der Waals surface area contributed by atoms with Crippen molar-refractivity contribution in [3.05, 3.63) is 29.8 Å². The second kappa shape index (κ2) is 10.4. The van der Waals surface area contributed by atoms with Crippen LogP contribution in [0.15, 0.2) is 24.3 Å². The van der Waals surface area contributed by atoms with Crippen LogP contribution in [0.25, 0.3) is 0 Å². The summed E-state index contributed by atoms with van der Waals surface area (Å²) in [7, 11) is 2.14. The van der Waals surface area contributed by atoms with E-state index in [4.69, 9.17) is 4.74 Å². The van der Waals surface area contributed by atoms with Gasteiger partial charge in [-0.15, -0.1) is 0 Å². The van der Waals surface area contributed by atoms with Gasteiger partial charge in [-0.05, 0) is 68.8 Å². The van der Waals surface area contributed by atoms with Gasteiger partial charge in [-0.25, -0.2) is 0 Å². The van der Waals surface area contributed by atoms with Crippen molar-refractivity contribution in [2.24, 2.45) is 17.8 Å². The summed E-state index contributed by atoms with van der Waals surface area (Å²) in [4.78, 5) is 46.7. The van der Waals surface area contributed by atoms with Gasteiger partial charge in [0.2, 0.25) is 5.91 Å². The van der Waals surface area contributed by atoms with Crippen molar-refractivity contribution in [1.82, 2.24) is 15.1 Å². The molecule has 2 amide bonds. The molecule has 37 heavy (non-hydrogen) atoms. The van der Waals surface area contributed by atoms with Crippen molar-refractivity contribution < 1.29 is 19.1 Å². The number of rotatable bonds is 6. The Balaban J connectivity index is 1.18. The Morgan fingerprint density at radius 3 is 2.35 bits per heavy atom. The molecule has 1 N–H and O–H groups in total. The summed E-state index contributed by atoms with van der Waals surface area (Å²) < 4.78 is 5.89. The van der Waals surface area contributed by atoms with Crippen LogP contribution in [-0.2, 0) is 14.3 Å². The molecule has 200 valence electrons. The van der Waals surface area contributed by atoms with Gasteiger partial charge in [0, 0.05) is 49.9 Å². The molecule has 6 rings (SSSR count). The van der Waals surface area contributed by atoms with Crippen LogP contribution in [0.5, 0.6) is 0 Å². The van der Waals surface area contributed by atoms with Crippen molar-refractivity contribution in [3.63, 3.8) is 0 Å². The summed E-state index contributed by atoms with van der Waals surface area (Å²) in [5.74, 6) is 0.604. The SMILES string of the molecule is CN1CCN(c2ccc(C(=O)N[C@H](C(=O)N3C[C@H](C4CC4)[C@H]4OCC(=O)[C@H]43)C3CCCCC3)cc2)CC1. The number of likely N-dealkylation sites (N-methyl/N-ethyl adjacent to an activating group) is 1. The number of piperazine rings is 1. The van der Waals surface area contributed by atoms with Crippen LogP contribution in [0.3, 0.4) is 0 Å². The molecule has 1 aromatic rings. The first-order valence-corrected chi connectivity index (χ1v) is 14.3. The van der Waals surface area contributed by atoms with Crippen molar-refractivity contribution in [2.75, 3.05) is 51.3 Å². The Hall–Kier alpha value is -2.45. The van der Waals surface area contributed by atoms with Crippen LogP contribution >= 0.6 is 0 Å². The fraction of sp³-hybridized carbons (Fsp3) is 0.690. The van der Waals surface area contributed by atoms with Gasteiger partial charge in [-0.1, -0.05) is 19.3 Å². The Morgan fingerprint density at radius 1 is 0.973 bits per heavy atom. The van der Waals surface area contributed by atoms with Crippen LogP contribution in [0.2, 0.25) is 0 Å². The second-order valence-electron chi connectivity index (χ2n) is 11.9. The molecule has 0 radical (unpaired) electrons. The number of likely N-dealkylation sites (tertiary alicyclic amines) is 1. The Bertz CT molecular complexity index is 1010. The molecule has 3 saturated heterocycles. The van der Waals surface area contributed by atoms with Crippen LogP contribution in [0.4, 0.5) is 5.69 Å². The molecule has 2 aliphatic carbocycles. The van der Waals surface area contributed by atoms with Gasteiger partial charge in [0.25, 0.3) is 5.91 Å². The highest BCUT2D eigenvalue weighted by atomic mass is 16.5. The number of nitrogens with one attached hydrogen (secondary N) is 1. The maximum atomic E-state index is 14.1. The lowest BCUT2D eigenvalue weighted by molar-refractivity contribution is -0.139. The molecule has 3 heterocycles. The lowest BCUT2D eigenvalue weighted by Gasteiger charge is -2.34. The summed E-state index contributed by atoms with van der Waals surface area (Å²) in [6, 6.07) is 6.68. The molecule has 0 aromatic heterocycles. The molecule has 0 spiro atoms. The third-order valence-corrected chi connectivity index (χ3v) is 9.41. The number of fused-ring (bicyclic) bond motifs is 1. The largest absolute Gasteiger partial charge is 0.369 e. The quantitative estimate of drug-likeness (QED) is 0.635. The number of Topliss-reactive ketones (excluding diaryl/α,β-unsaturated/α-hetero) is 1. The zero-order valence-electron chi connectivity index (χ0n) is 21.9. The number of carbonyl (C=O) groups excluding carboxylic acids is 3. The molecule has 4 atom stereocenters. The lowest BCUT2D eigenvalue weighted by Crippen LogP contribution is -2.55. The standard InChI is InChI=1S/C29H40N4O4/c1-31-13-15-32(16-14-31)22-11-9-21(10-12-22)28(35)30-25(20-5-3-2-4-6-20)29(36)33-17-23(19-7-8-19)27-26(33)24(34)18-37-27/h9-12,19-20,23,25-27H,2-8,13-18H2,1H3,(H,30,35)/t23-,25+,26-,27-/m1/s1. The molecule has 0 unspecified atom stereocenters. The highest BCUT2D eigenvalue weighted by Crippen LogP contribution is 2.46. The van der Waals surface area contributed by atoms with Gasteiger partial charge in [0.15, 0.2) is 5.78 Å². The predicted octanol–water partition coefficient (Wildman–Crippen LogP) is 2.32. The van der Waals surface area contributed by atoms with Gasteiger partial charge in [-0.2, -0.15) is 0 Å². The van der Waals surface area contributed by atoms with Crippen molar-refractivity contribution >= 4 is 23.3 Å². The minimum atomic E-state index is -0.600. The first-order chi connectivity index (χ1) is 18.0. The van der Waals surface area contributed by atoms with E-state index in [1.54, 1.807) is 4.90 Å². The minimum absolute atomic E-state index is 0.00900. The van der Waals surface area contributed by atoms with E-state index >= 15 is 0 Å². The highest BCUT2D eigenvalue weighted by Gasteiger charge is 2.56. The second-order valence-corrected chi connectivity index (χ2v) is 11.9. The topological polar surface area (TPSA) is 82.2 Å².